The fraction of sp³-hybridized carbons (Fsp3) is 0.294. The van der Waals surface area contributed by atoms with E-state index < -0.39 is 0 Å². The van der Waals surface area contributed by atoms with Crippen LogP contribution in [0.1, 0.15) is 35.0 Å². The minimum Gasteiger partial charge on any atom is -0.490 e. The lowest BCUT2D eigenvalue weighted by atomic mass is 10.0. The highest BCUT2D eigenvalue weighted by Crippen LogP contribution is 2.31. The Hall–Kier alpha value is -2.36. The van der Waals surface area contributed by atoms with E-state index in [9.17, 15) is 4.79 Å². The summed E-state index contributed by atoms with van der Waals surface area (Å²) >= 11 is 0. The van der Waals surface area contributed by atoms with Gasteiger partial charge in [-0.15, -0.1) is 0 Å². The molecule has 1 aromatic carbocycles. The summed E-state index contributed by atoms with van der Waals surface area (Å²) in [6, 6.07) is 9.09. The van der Waals surface area contributed by atoms with Crippen molar-refractivity contribution in [2.75, 3.05) is 13.2 Å². The Labute approximate surface area is 123 Å². The lowest BCUT2D eigenvalue weighted by Gasteiger charge is -2.10. The number of carbonyl (C=O) groups is 1. The predicted octanol–water partition coefficient (Wildman–Crippen LogP) is 3.04. The number of pyridine rings is 1. The van der Waals surface area contributed by atoms with Crippen molar-refractivity contribution in [2.24, 2.45) is 0 Å². The molecule has 21 heavy (non-hydrogen) atoms. The standard InChI is InChI=1S/C17H17NO3/c1-2-12-5-3-8-18-16(12)17(19)13-6-7-14-15(11-13)21-10-4-9-20-14/h3,5-8,11H,2,4,9-10H2,1H3. The molecule has 3 rings (SSSR count). The molecule has 1 aliphatic heterocycles. The Morgan fingerprint density at radius 1 is 1.19 bits per heavy atom. The lowest BCUT2D eigenvalue weighted by Crippen LogP contribution is -2.08. The highest BCUT2D eigenvalue weighted by molar-refractivity contribution is 6.08. The van der Waals surface area contributed by atoms with E-state index in [2.05, 4.69) is 4.98 Å². The van der Waals surface area contributed by atoms with E-state index in [1.165, 1.54) is 0 Å². The maximum atomic E-state index is 12.6. The van der Waals surface area contributed by atoms with E-state index in [0.29, 0.717) is 36.0 Å². The first-order valence-corrected chi connectivity index (χ1v) is 7.18. The van der Waals surface area contributed by atoms with Gasteiger partial charge in [0.2, 0.25) is 5.78 Å². The summed E-state index contributed by atoms with van der Waals surface area (Å²) in [5, 5.41) is 0. The van der Waals surface area contributed by atoms with Crippen molar-refractivity contribution in [1.82, 2.24) is 4.98 Å². The van der Waals surface area contributed by atoms with Crippen LogP contribution in [0.5, 0.6) is 11.5 Å². The van der Waals surface area contributed by atoms with E-state index in [-0.39, 0.29) is 5.78 Å². The third kappa shape index (κ3) is 2.75. The van der Waals surface area contributed by atoms with Crippen LogP contribution in [0.4, 0.5) is 0 Å². The van der Waals surface area contributed by atoms with Gasteiger partial charge >= 0.3 is 0 Å². The number of nitrogens with zero attached hydrogens (tertiary/aromatic N) is 1. The first-order chi connectivity index (χ1) is 10.3. The summed E-state index contributed by atoms with van der Waals surface area (Å²) < 4.78 is 11.2. The maximum absolute atomic E-state index is 12.6. The summed E-state index contributed by atoms with van der Waals surface area (Å²) in [5.41, 5.74) is 2.04. The van der Waals surface area contributed by atoms with Crippen LogP contribution in [0.25, 0.3) is 0 Å². The molecule has 0 atom stereocenters. The molecule has 4 nitrogen and oxygen atoms in total. The largest absolute Gasteiger partial charge is 0.490 e. The number of hydrogen-bond acceptors (Lipinski definition) is 4. The molecule has 1 aromatic heterocycles. The Balaban J connectivity index is 1.97. The van der Waals surface area contributed by atoms with Gasteiger partial charge in [0.1, 0.15) is 5.69 Å². The second-order valence-electron chi connectivity index (χ2n) is 4.91. The van der Waals surface area contributed by atoms with Crippen LogP contribution >= 0.6 is 0 Å². The van der Waals surface area contributed by atoms with Gasteiger partial charge in [0.25, 0.3) is 0 Å². The SMILES string of the molecule is CCc1cccnc1C(=O)c1ccc2c(c1)OCCCO2. The zero-order valence-corrected chi connectivity index (χ0v) is 12.0. The third-order valence-corrected chi connectivity index (χ3v) is 3.50. The Morgan fingerprint density at radius 2 is 2.00 bits per heavy atom. The van der Waals surface area contributed by atoms with Crippen LogP contribution in [-0.4, -0.2) is 24.0 Å². The van der Waals surface area contributed by atoms with Crippen LogP contribution in [-0.2, 0) is 6.42 Å². The van der Waals surface area contributed by atoms with Crippen LogP contribution in [0.3, 0.4) is 0 Å². The first kappa shape index (κ1) is 13.6. The number of fused-ring (bicyclic) bond motifs is 1. The molecule has 2 heterocycles. The quantitative estimate of drug-likeness (QED) is 0.812. The van der Waals surface area contributed by atoms with Crippen molar-refractivity contribution >= 4 is 5.78 Å². The summed E-state index contributed by atoms with van der Waals surface area (Å²) in [4.78, 5) is 16.9. The molecule has 0 N–H and O–H groups in total. The van der Waals surface area contributed by atoms with Gasteiger partial charge in [-0.25, -0.2) is 0 Å². The van der Waals surface area contributed by atoms with Gasteiger partial charge in [0, 0.05) is 18.2 Å². The smallest absolute Gasteiger partial charge is 0.211 e. The molecular formula is C17H17NO3. The fourth-order valence-electron chi connectivity index (χ4n) is 2.37. The van der Waals surface area contributed by atoms with Gasteiger partial charge < -0.3 is 9.47 Å². The van der Waals surface area contributed by atoms with Crippen LogP contribution in [0, 0.1) is 0 Å². The summed E-state index contributed by atoms with van der Waals surface area (Å²) in [7, 11) is 0. The number of ketones is 1. The molecule has 0 amide bonds. The highest BCUT2D eigenvalue weighted by Gasteiger charge is 2.18. The Kier molecular flexibility index (Phi) is 3.86. The van der Waals surface area contributed by atoms with E-state index in [1.807, 2.05) is 19.1 Å². The number of benzene rings is 1. The number of carbonyl (C=O) groups excluding carboxylic acids is 1. The molecule has 0 fully saturated rings. The predicted molar refractivity (Wildman–Crippen MR) is 79.1 cm³/mol. The Morgan fingerprint density at radius 3 is 2.81 bits per heavy atom. The molecule has 0 saturated heterocycles. The minimum absolute atomic E-state index is 0.0805. The van der Waals surface area contributed by atoms with Gasteiger partial charge in [0.15, 0.2) is 11.5 Å². The van der Waals surface area contributed by atoms with Gasteiger partial charge in [0.05, 0.1) is 13.2 Å². The highest BCUT2D eigenvalue weighted by atomic mass is 16.5. The summed E-state index contributed by atoms with van der Waals surface area (Å²) in [5.74, 6) is 1.25. The van der Waals surface area contributed by atoms with Crippen molar-refractivity contribution in [3.8, 4) is 11.5 Å². The molecule has 0 bridgehead atoms. The molecule has 4 heteroatoms. The molecule has 0 saturated carbocycles. The van der Waals surface area contributed by atoms with Crippen molar-refractivity contribution in [3.63, 3.8) is 0 Å². The van der Waals surface area contributed by atoms with Gasteiger partial charge in [-0.1, -0.05) is 13.0 Å². The number of ether oxygens (including phenoxy) is 2. The minimum atomic E-state index is -0.0805. The van der Waals surface area contributed by atoms with Crippen molar-refractivity contribution in [3.05, 3.63) is 53.3 Å². The first-order valence-electron chi connectivity index (χ1n) is 7.18. The topological polar surface area (TPSA) is 48.4 Å². The van der Waals surface area contributed by atoms with E-state index in [0.717, 1.165) is 18.4 Å². The molecule has 2 aromatic rings. The van der Waals surface area contributed by atoms with Crippen LogP contribution in [0.2, 0.25) is 0 Å². The van der Waals surface area contributed by atoms with E-state index in [1.54, 1.807) is 24.4 Å². The summed E-state index contributed by atoms with van der Waals surface area (Å²) in [6.45, 7) is 3.26. The number of aromatic nitrogens is 1. The fourth-order valence-corrected chi connectivity index (χ4v) is 2.37. The maximum Gasteiger partial charge on any atom is 0.211 e. The third-order valence-electron chi connectivity index (χ3n) is 3.50. The molecule has 0 radical (unpaired) electrons. The van der Waals surface area contributed by atoms with E-state index in [4.69, 9.17) is 9.47 Å². The molecule has 108 valence electrons. The number of aryl methyl sites for hydroxylation is 1. The van der Waals surface area contributed by atoms with Gasteiger partial charge in [-0.05, 0) is 36.2 Å². The van der Waals surface area contributed by atoms with Crippen molar-refractivity contribution < 1.29 is 14.3 Å². The van der Waals surface area contributed by atoms with Crippen LogP contribution < -0.4 is 9.47 Å². The Bertz CT molecular complexity index is 667. The van der Waals surface area contributed by atoms with Crippen molar-refractivity contribution in [2.45, 2.75) is 19.8 Å². The second kappa shape index (κ2) is 5.95. The van der Waals surface area contributed by atoms with Crippen LogP contribution in [0.15, 0.2) is 36.5 Å². The molecular weight excluding hydrogens is 266 g/mol. The monoisotopic (exact) mass is 283 g/mol. The second-order valence-corrected chi connectivity index (χ2v) is 4.91. The number of hydrogen-bond donors (Lipinski definition) is 0. The van der Waals surface area contributed by atoms with Crippen molar-refractivity contribution in [1.29, 1.82) is 0 Å². The molecule has 0 aliphatic carbocycles. The summed E-state index contributed by atoms with van der Waals surface area (Å²) in [6.07, 6.45) is 3.27. The molecule has 1 aliphatic rings. The average molecular weight is 283 g/mol. The zero-order chi connectivity index (χ0) is 14.7. The normalized spacial score (nSPS) is 13.6. The zero-order valence-electron chi connectivity index (χ0n) is 12.0. The lowest BCUT2D eigenvalue weighted by molar-refractivity contribution is 0.103. The molecule has 0 unspecified atom stereocenters. The van der Waals surface area contributed by atoms with E-state index >= 15 is 0 Å². The average Bonchev–Trinajstić information content (AvgIpc) is 2.78. The number of rotatable bonds is 3. The van der Waals surface area contributed by atoms with Gasteiger partial charge in [-0.3, -0.25) is 9.78 Å². The molecule has 0 spiro atoms. The van der Waals surface area contributed by atoms with Gasteiger partial charge in [-0.2, -0.15) is 0 Å².